The number of hydrogen-bond donors (Lipinski definition) is 1. The molecule has 0 unspecified atom stereocenters. The van der Waals surface area contributed by atoms with Crippen LogP contribution in [0.2, 0.25) is 0 Å². The maximum absolute atomic E-state index is 11.1. The lowest BCUT2D eigenvalue weighted by atomic mass is 9.82. The number of aryl methyl sites for hydroxylation is 1. The van der Waals surface area contributed by atoms with Crippen molar-refractivity contribution in [2.24, 2.45) is 0 Å². The molecule has 0 saturated heterocycles. The van der Waals surface area contributed by atoms with Gasteiger partial charge in [0, 0.05) is 0 Å². The number of aliphatic carboxylic acids is 1. The number of rotatable bonds is 3. The van der Waals surface area contributed by atoms with Gasteiger partial charge >= 0.3 is 5.97 Å². The highest BCUT2D eigenvalue weighted by Gasteiger charge is 2.31. The first kappa shape index (κ1) is 11.6. The second-order valence-electron chi connectivity index (χ2n) is 4.11. The molecule has 0 aliphatic rings. The SMILES string of the molecule is COc1ccc(C)c(C(C)(C)C(=O)O)c1. The van der Waals surface area contributed by atoms with Crippen LogP contribution in [0.5, 0.6) is 5.75 Å². The van der Waals surface area contributed by atoms with E-state index < -0.39 is 11.4 Å². The predicted molar refractivity (Wildman–Crippen MR) is 58.4 cm³/mol. The van der Waals surface area contributed by atoms with Crippen LogP contribution in [-0.4, -0.2) is 18.2 Å². The number of methoxy groups -OCH3 is 1. The quantitative estimate of drug-likeness (QED) is 0.829. The third-order valence-electron chi connectivity index (χ3n) is 2.65. The van der Waals surface area contributed by atoms with Crippen LogP contribution in [-0.2, 0) is 10.2 Å². The third kappa shape index (κ3) is 2.12. The Labute approximate surface area is 89.7 Å². The Kier molecular flexibility index (Phi) is 3.03. The lowest BCUT2D eigenvalue weighted by molar-refractivity contribution is -0.142. The molecule has 0 fully saturated rings. The molecule has 3 nitrogen and oxygen atoms in total. The smallest absolute Gasteiger partial charge is 0.313 e. The van der Waals surface area contributed by atoms with Gasteiger partial charge in [0.1, 0.15) is 5.75 Å². The van der Waals surface area contributed by atoms with E-state index in [-0.39, 0.29) is 0 Å². The minimum atomic E-state index is -0.890. The summed E-state index contributed by atoms with van der Waals surface area (Å²) in [4.78, 5) is 11.1. The van der Waals surface area contributed by atoms with E-state index >= 15 is 0 Å². The van der Waals surface area contributed by atoms with Gasteiger partial charge in [-0.2, -0.15) is 0 Å². The van der Waals surface area contributed by atoms with Gasteiger partial charge in [0.05, 0.1) is 12.5 Å². The summed E-state index contributed by atoms with van der Waals surface area (Å²) in [6.45, 7) is 5.29. The van der Waals surface area contributed by atoms with E-state index in [0.29, 0.717) is 5.75 Å². The minimum Gasteiger partial charge on any atom is -0.497 e. The van der Waals surface area contributed by atoms with Crippen molar-refractivity contribution in [1.29, 1.82) is 0 Å². The molecule has 0 bridgehead atoms. The number of carbonyl (C=O) groups is 1. The summed E-state index contributed by atoms with van der Waals surface area (Å²) in [5.41, 5.74) is 0.857. The van der Waals surface area contributed by atoms with Gasteiger partial charge in [-0.05, 0) is 44.0 Å². The molecule has 0 atom stereocenters. The third-order valence-corrected chi connectivity index (χ3v) is 2.65. The summed E-state index contributed by atoms with van der Waals surface area (Å²) in [5.74, 6) is -0.149. The van der Waals surface area contributed by atoms with Crippen LogP contribution in [0.3, 0.4) is 0 Å². The second-order valence-corrected chi connectivity index (χ2v) is 4.11. The lowest BCUT2D eigenvalue weighted by Crippen LogP contribution is -2.29. The van der Waals surface area contributed by atoms with Crippen LogP contribution >= 0.6 is 0 Å². The Bertz CT molecular complexity index is 380. The van der Waals surface area contributed by atoms with Crippen LogP contribution in [0.25, 0.3) is 0 Å². The highest BCUT2D eigenvalue weighted by atomic mass is 16.5. The maximum Gasteiger partial charge on any atom is 0.313 e. The molecular weight excluding hydrogens is 192 g/mol. The zero-order chi connectivity index (χ0) is 11.6. The fraction of sp³-hybridized carbons (Fsp3) is 0.417. The van der Waals surface area contributed by atoms with Crippen molar-refractivity contribution in [2.75, 3.05) is 7.11 Å². The standard InChI is InChI=1S/C12H16O3/c1-8-5-6-9(15-4)7-10(8)12(2,3)11(13)14/h5-7H,1-4H3,(H,13,14). The molecule has 0 aliphatic carbocycles. The van der Waals surface area contributed by atoms with Crippen LogP contribution in [0.4, 0.5) is 0 Å². The normalized spacial score (nSPS) is 11.2. The van der Waals surface area contributed by atoms with Crippen molar-refractivity contribution in [2.45, 2.75) is 26.2 Å². The molecule has 0 heterocycles. The van der Waals surface area contributed by atoms with Gasteiger partial charge in [0.2, 0.25) is 0 Å². The molecule has 0 radical (unpaired) electrons. The lowest BCUT2D eigenvalue weighted by Gasteiger charge is -2.22. The Balaban J connectivity index is 3.29. The number of hydrogen-bond acceptors (Lipinski definition) is 2. The zero-order valence-electron chi connectivity index (χ0n) is 9.50. The largest absolute Gasteiger partial charge is 0.497 e. The molecule has 0 spiro atoms. The van der Waals surface area contributed by atoms with E-state index in [0.717, 1.165) is 11.1 Å². The van der Waals surface area contributed by atoms with Crippen molar-refractivity contribution in [3.8, 4) is 5.75 Å². The first-order valence-corrected chi connectivity index (χ1v) is 4.78. The zero-order valence-corrected chi connectivity index (χ0v) is 9.50. The summed E-state index contributed by atoms with van der Waals surface area (Å²) >= 11 is 0. The maximum atomic E-state index is 11.1. The average Bonchev–Trinajstić information content (AvgIpc) is 2.18. The van der Waals surface area contributed by atoms with Crippen molar-refractivity contribution < 1.29 is 14.6 Å². The van der Waals surface area contributed by atoms with Gasteiger partial charge in [-0.3, -0.25) is 4.79 Å². The van der Waals surface area contributed by atoms with Gasteiger partial charge in [0.25, 0.3) is 0 Å². The Morgan fingerprint density at radius 2 is 2.00 bits per heavy atom. The predicted octanol–water partition coefficient (Wildman–Crippen LogP) is 2.37. The van der Waals surface area contributed by atoms with Crippen LogP contribution in [0.1, 0.15) is 25.0 Å². The highest BCUT2D eigenvalue weighted by Crippen LogP contribution is 2.29. The molecule has 1 N–H and O–H groups in total. The molecule has 0 saturated carbocycles. The number of benzene rings is 1. The van der Waals surface area contributed by atoms with E-state index in [4.69, 9.17) is 9.84 Å². The van der Waals surface area contributed by atoms with E-state index in [1.807, 2.05) is 19.1 Å². The van der Waals surface area contributed by atoms with Crippen LogP contribution in [0.15, 0.2) is 18.2 Å². The summed E-state index contributed by atoms with van der Waals surface area (Å²) < 4.78 is 5.09. The monoisotopic (exact) mass is 208 g/mol. The summed E-state index contributed by atoms with van der Waals surface area (Å²) in [7, 11) is 1.57. The summed E-state index contributed by atoms with van der Waals surface area (Å²) in [6, 6.07) is 5.49. The summed E-state index contributed by atoms with van der Waals surface area (Å²) in [5, 5.41) is 9.14. The van der Waals surface area contributed by atoms with E-state index in [9.17, 15) is 4.79 Å². The fourth-order valence-electron chi connectivity index (χ4n) is 1.52. The van der Waals surface area contributed by atoms with Gasteiger partial charge in [-0.25, -0.2) is 0 Å². The van der Waals surface area contributed by atoms with Crippen LogP contribution < -0.4 is 4.74 Å². The van der Waals surface area contributed by atoms with E-state index in [1.165, 1.54) is 0 Å². The van der Waals surface area contributed by atoms with E-state index in [2.05, 4.69) is 0 Å². The molecule has 1 aromatic carbocycles. The van der Waals surface area contributed by atoms with Crippen molar-refractivity contribution in [3.05, 3.63) is 29.3 Å². The van der Waals surface area contributed by atoms with Gasteiger partial charge in [-0.1, -0.05) is 6.07 Å². The summed E-state index contributed by atoms with van der Waals surface area (Å²) in [6.07, 6.45) is 0. The molecule has 15 heavy (non-hydrogen) atoms. The van der Waals surface area contributed by atoms with E-state index in [1.54, 1.807) is 27.0 Å². The van der Waals surface area contributed by atoms with Crippen molar-refractivity contribution in [1.82, 2.24) is 0 Å². The highest BCUT2D eigenvalue weighted by molar-refractivity contribution is 5.81. The van der Waals surface area contributed by atoms with Crippen LogP contribution in [0, 0.1) is 6.92 Å². The first-order chi connectivity index (χ1) is 6.89. The molecule has 0 amide bonds. The van der Waals surface area contributed by atoms with Crippen molar-refractivity contribution >= 4 is 5.97 Å². The Hall–Kier alpha value is -1.51. The number of carboxylic acid groups (broad SMARTS) is 1. The van der Waals surface area contributed by atoms with Gasteiger partial charge in [-0.15, -0.1) is 0 Å². The molecule has 0 aromatic heterocycles. The fourth-order valence-corrected chi connectivity index (χ4v) is 1.52. The first-order valence-electron chi connectivity index (χ1n) is 4.78. The second kappa shape index (κ2) is 3.93. The molecule has 1 aromatic rings. The Morgan fingerprint density at radius 1 is 1.40 bits per heavy atom. The number of ether oxygens (including phenoxy) is 1. The molecule has 82 valence electrons. The molecule has 1 rings (SSSR count). The molecule has 0 aliphatic heterocycles. The Morgan fingerprint density at radius 3 is 2.47 bits per heavy atom. The minimum absolute atomic E-state index is 0.685. The topological polar surface area (TPSA) is 46.5 Å². The number of carboxylic acids is 1. The van der Waals surface area contributed by atoms with Gasteiger partial charge < -0.3 is 9.84 Å². The average molecular weight is 208 g/mol. The van der Waals surface area contributed by atoms with Crippen molar-refractivity contribution in [3.63, 3.8) is 0 Å². The molecule has 3 heteroatoms. The molecular formula is C12H16O3. The van der Waals surface area contributed by atoms with Gasteiger partial charge in [0.15, 0.2) is 0 Å².